The Bertz CT molecular complexity index is 1000. The lowest BCUT2D eigenvalue weighted by molar-refractivity contribution is -0.254. The minimum absolute atomic E-state index is 0.00104. The number of aryl methyl sites for hydroxylation is 1. The van der Waals surface area contributed by atoms with Crippen LogP contribution < -0.4 is 5.32 Å². The highest BCUT2D eigenvalue weighted by atomic mass is 16.5. The van der Waals surface area contributed by atoms with Crippen molar-refractivity contribution in [2.75, 3.05) is 25.0 Å². The molecule has 3 heterocycles. The number of para-hydroxylation sites is 1. The van der Waals surface area contributed by atoms with Gasteiger partial charge in [0, 0.05) is 23.7 Å². The topological polar surface area (TPSA) is 24.5 Å². The van der Waals surface area contributed by atoms with Crippen LogP contribution in [-0.2, 0) is 16.6 Å². The number of likely N-dealkylation sites (tertiary alicyclic amines) is 1. The van der Waals surface area contributed by atoms with E-state index in [1.807, 2.05) is 0 Å². The van der Waals surface area contributed by atoms with Gasteiger partial charge in [-0.2, -0.15) is 0 Å². The lowest BCUT2D eigenvalue weighted by Crippen LogP contribution is -2.80. The summed E-state index contributed by atoms with van der Waals surface area (Å²) < 4.78 is 7.13. The molecule has 2 aromatic rings. The van der Waals surface area contributed by atoms with Gasteiger partial charge in [0.05, 0.1) is 17.7 Å². The first-order valence-electron chi connectivity index (χ1n) is 12.4. The number of ether oxygens (including phenoxy) is 1. The highest BCUT2D eigenvalue weighted by Crippen LogP contribution is 2.65. The first-order valence-corrected chi connectivity index (χ1v) is 12.4. The van der Waals surface area contributed by atoms with Gasteiger partial charge in [0.2, 0.25) is 0 Å². The fourth-order valence-electron chi connectivity index (χ4n) is 7.84. The molecule has 2 saturated carbocycles. The van der Waals surface area contributed by atoms with Crippen molar-refractivity contribution in [3.8, 4) is 0 Å². The maximum Gasteiger partial charge on any atom is 0.0939 e. The molecular weight excluding hydrogens is 380 g/mol. The molecule has 3 aliphatic carbocycles. The molecule has 4 bridgehead atoms. The van der Waals surface area contributed by atoms with Gasteiger partial charge in [0.1, 0.15) is 0 Å². The average molecular weight is 415 g/mol. The fourth-order valence-corrected chi connectivity index (χ4v) is 7.84. The van der Waals surface area contributed by atoms with Crippen molar-refractivity contribution in [2.45, 2.75) is 74.5 Å². The van der Waals surface area contributed by atoms with Gasteiger partial charge < -0.3 is 10.1 Å². The van der Waals surface area contributed by atoms with Gasteiger partial charge in [-0.25, -0.2) is 0 Å². The molecule has 4 atom stereocenters. The van der Waals surface area contributed by atoms with E-state index in [1.54, 1.807) is 11.1 Å². The molecule has 1 unspecified atom stereocenters. The summed E-state index contributed by atoms with van der Waals surface area (Å²) in [6.07, 6.45) is 8.89. The number of piperidine rings is 1. The largest absolute Gasteiger partial charge is 0.377 e. The SMILES string of the molecule is Cc1ccc2c(c1)[C@]13CCN(CC4CC4)[C@H](C2)[C@]12CCC(Nc1ccccc1)(CO2)C3. The summed E-state index contributed by atoms with van der Waals surface area (Å²) in [7, 11) is 0. The van der Waals surface area contributed by atoms with Gasteiger partial charge in [0.15, 0.2) is 0 Å². The van der Waals surface area contributed by atoms with Crippen molar-refractivity contribution < 1.29 is 4.74 Å². The second-order valence-electron chi connectivity index (χ2n) is 11.3. The molecule has 0 radical (unpaired) electrons. The van der Waals surface area contributed by atoms with E-state index < -0.39 is 0 Å². The van der Waals surface area contributed by atoms with Gasteiger partial charge >= 0.3 is 0 Å². The smallest absolute Gasteiger partial charge is 0.0939 e. The zero-order chi connectivity index (χ0) is 20.7. The van der Waals surface area contributed by atoms with Crippen molar-refractivity contribution in [2.24, 2.45) is 5.92 Å². The summed E-state index contributed by atoms with van der Waals surface area (Å²) in [6.45, 7) is 5.64. The number of nitrogens with one attached hydrogen (secondary N) is 1. The summed E-state index contributed by atoms with van der Waals surface area (Å²) in [4.78, 5) is 2.85. The molecule has 0 amide bonds. The normalized spacial score (nSPS) is 38.4. The zero-order valence-corrected chi connectivity index (χ0v) is 18.7. The van der Waals surface area contributed by atoms with E-state index in [0.717, 1.165) is 12.5 Å². The van der Waals surface area contributed by atoms with E-state index in [-0.39, 0.29) is 16.6 Å². The first-order chi connectivity index (χ1) is 15.1. The Kier molecular flexibility index (Phi) is 3.84. The Morgan fingerprint density at radius 2 is 1.94 bits per heavy atom. The van der Waals surface area contributed by atoms with Crippen molar-refractivity contribution >= 4 is 5.69 Å². The third-order valence-corrected chi connectivity index (χ3v) is 9.40. The van der Waals surface area contributed by atoms with Crippen LogP contribution >= 0.6 is 0 Å². The number of anilines is 1. The van der Waals surface area contributed by atoms with Crippen LogP contribution in [0.1, 0.15) is 55.2 Å². The van der Waals surface area contributed by atoms with Crippen molar-refractivity contribution in [3.63, 3.8) is 0 Å². The number of fused-ring (bicyclic) bond motifs is 3. The maximum atomic E-state index is 7.13. The first kappa shape index (κ1) is 18.7. The second-order valence-corrected chi connectivity index (χ2v) is 11.3. The van der Waals surface area contributed by atoms with Crippen molar-refractivity contribution in [3.05, 3.63) is 65.2 Å². The quantitative estimate of drug-likeness (QED) is 0.755. The molecule has 2 aromatic carbocycles. The molecule has 0 aromatic heterocycles. The zero-order valence-electron chi connectivity index (χ0n) is 18.7. The minimum Gasteiger partial charge on any atom is -0.377 e. The van der Waals surface area contributed by atoms with Crippen LogP contribution in [0.25, 0.3) is 0 Å². The Balaban J connectivity index is 1.34. The monoisotopic (exact) mass is 414 g/mol. The van der Waals surface area contributed by atoms with Crippen molar-refractivity contribution in [1.29, 1.82) is 0 Å². The molecule has 3 saturated heterocycles. The van der Waals surface area contributed by atoms with Crippen LogP contribution in [0.4, 0.5) is 5.69 Å². The third kappa shape index (κ3) is 2.60. The lowest BCUT2D eigenvalue weighted by atomic mass is 9.45. The minimum atomic E-state index is 0.00104. The summed E-state index contributed by atoms with van der Waals surface area (Å²) in [5.41, 5.74) is 6.04. The standard InChI is InChI=1S/C28H34N2O/c1-20-7-10-22-16-25-28-12-11-26(19-31-28,29-23-5-3-2-4-6-23)18-27(28,24(22)15-20)13-14-30(25)17-21-8-9-21/h2-7,10,15,21,25,29H,8-9,11-14,16-19H2,1H3/t25-,26?,27-,28-/m1/s1. The molecule has 3 nitrogen and oxygen atoms in total. The molecule has 8 rings (SSSR count). The lowest BCUT2D eigenvalue weighted by Gasteiger charge is -2.72. The summed E-state index contributed by atoms with van der Waals surface area (Å²) in [5.74, 6) is 0.939. The van der Waals surface area contributed by atoms with Crippen LogP contribution in [0, 0.1) is 12.8 Å². The van der Waals surface area contributed by atoms with E-state index in [1.165, 1.54) is 69.3 Å². The molecule has 3 aliphatic heterocycles. The van der Waals surface area contributed by atoms with E-state index in [0.29, 0.717) is 6.04 Å². The molecule has 6 aliphatic rings. The van der Waals surface area contributed by atoms with Gasteiger partial charge in [-0.15, -0.1) is 0 Å². The van der Waals surface area contributed by atoms with Gasteiger partial charge in [0.25, 0.3) is 0 Å². The number of nitrogens with zero attached hydrogens (tertiary/aromatic N) is 1. The maximum absolute atomic E-state index is 7.13. The predicted molar refractivity (Wildman–Crippen MR) is 125 cm³/mol. The van der Waals surface area contributed by atoms with E-state index in [4.69, 9.17) is 4.74 Å². The highest BCUT2D eigenvalue weighted by molar-refractivity contribution is 5.52. The fraction of sp³-hybridized carbons (Fsp3) is 0.571. The number of hydrogen-bond acceptors (Lipinski definition) is 3. The third-order valence-electron chi connectivity index (χ3n) is 9.40. The summed E-state index contributed by atoms with van der Waals surface area (Å²) in [6, 6.07) is 18.6. The van der Waals surface area contributed by atoms with Crippen LogP contribution in [0.5, 0.6) is 0 Å². The van der Waals surface area contributed by atoms with Gasteiger partial charge in [-0.1, -0.05) is 42.0 Å². The van der Waals surface area contributed by atoms with Crippen LogP contribution in [0.2, 0.25) is 0 Å². The second kappa shape index (κ2) is 6.36. The molecule has 162 valence electrons. The van der Waals surface area contributed by atoms with Gasteiger partial charge in [-0.05, 0) is 87.6 Å². The number of rotatable bonds is 4. The van der Waals surface area contributed by atoms with Gasteiger partial charge in [-0.3, -0.25) is 4.90 Å². The summed E-state index contributed by atoms with van der Waals surface area (Å²) >= 11 is 0. The predicted octanol–water partition coefficient (Wildman–Crippen LogP) is 5.08. The Labute approximate surface area is 186 Å². The van der Waals surface area contributed by atoms with Crippen LogP contribution in [0.3, 0.4) is 0 Å². The molecule has 1 spiro atoms. The van der Waals surface area contributed by atoms with E-state index in [2.05, 4.69) is 65.7 Å². The van der Waals surface area contributed by atoms with Crippen LogP contribution in [0.15, 0.2) is 48.5 Å². The molecular formula is C28H34N2O. The molecule has 31 heavy (non-hydrogen) atoms. The Hall–Kier alpha value is -1.84. The molecule has 3 heteroatoms. The number of hydrogen-bond donors (Lipinski definition) is 1. The number of benzene rings is 2. The van der Waals surface area contributed by atoms with E-state index >= 15 is 0 Å². The molecule has 1 N–H and O–H groups in total. The average Bonchev–Trinajstić information content (AvgIpc) is 3.61. The van der Waals surface area contributed by atoms with E-state index in [9.17, 15) is 0 Å². The van der Waals surface area contributed by atoms with Crippen LogP contribution in [-0.4, -0.2) is 41.8 Å². The molecule has 5 fully saturated rings. The summed E-state index contributed by atoms with van der Waals surface area (Å²) in [5, 5.41) is 3.97. The Morgan fingerprint density at radius 3 is 2.71 bits per heavy atom. The Morgan fingerprint density at radius 1 is 1.06 bits per heavy atom. The van der Waals surface area contributed by atoms with Crippen molar-refractivity contribution in [1.82, 2.24) is 4.90 Å². The highest BCUT2D eigenvalue weighted by Gasteiger charge is 2.71.